The zero-order valence-electron chi connectivity index (χ0n) is 19.8. The standard InChI is InChI=1S/C26H23F4N3O3S/c1-17(20-9-13-23(21(27)16-20)33-37(2,35)36)31-25(34)15-11-19-10-14-24(26(28,29)30)32-22(19)12-8-18-6-4-3-5-7-18/h3-17,33H,1-2H3,(H,31,34)/t17-/m1/s1. The molecular weight excluding hydrogens is 510 g/mol. The highest BCUT2D eigenvalue weighted by Gasteiger charge is 2.32. The summed E-state index contributed by atoms with van der Waals surface area (Å²) in [7, 11) is -3.66. The Kier molecular flexibility index (Phi) is 8.49. The van der Waals surface area contributed by atoms with Crippen LogP contribution in [0.3, 0.4) is 0 Å². The number of pyridine rings is 1. The van der Waals surface area contributed by atoms with E-state index < -0.39 is 39.7 Å². The number of hydrogen-bond donors (Lipinski definition) is 2. The Hall–Kier alpha value is -3.99. The average Bonchev–Trinajstić information content (AvgIpc) is 2.82. The first-order valence-electron chi connectivity index (χ1n) is 10.9. The minimum absolute atomic E-state index is 0.0202. The molecule has 3 aromatic rings. The second kappa shape index (κ2) is 11.4. The predicted octanol–water partition coefficient (Wildman–Crippen LogP) is 5.67. The van der Waals surface area contributed by atoms with Gasteiger partial charge in [-0.2, -0.15) is 13.2 Å². The first-order valence-corrected chi connectivity index (χ1v) is 12.8. The predicted molar refractivity (Wildman–Crippen MR) is 135 cm³/mol. The number of carbonyl (C=O) groups excluding carboxylic acids is 1. The van der Waals surface area contributed by atoms with Crippen LogP contribution in [0.2, 0.25) is 0 Å². The molecule has 3 rings (SSSR count). The fourth-order valence-electron chi connectivity index (χ4n) is 3.25. The molecule has 1 aromatic heterocycles. The molecule has 0 aliphatic heterocycles. The SMILES string of the molecule is C[C@@H](NC(=O)C=Cc1ccc(C(F)(F)F)nc1C=Cc1ccccc1)c1ccc(NS(C)(=O)=O)c(F)c1. The van der Waals surface area contributed by atoms with Crippen molar-refractivity contribution in [3.8, 4) is 0 Å². The first-order chi connectivity index (χ1) is 17.3. The summed E-state index contributed by atoms with van der Waals surface area (Å²) in [5, 5.41) is 2.62. The van der Waals surface area contributed by atoms with Crippen LogP contribution in [0.25, 0.3) is 18.2 Å². The molecule has 0 spiro atoms. The Bertz CT molecular complexity index is 1440. The van der Waals surface area contributed by atoms with Crippen LogP contribution < -0.4 is 10.0 Å². The number of sulfonamides is 1. The van der Waals surface area contributed by atoms with E-state index >= 15 is 0 Å². The van der Waals surface area contributed by atoms with Crippen LogP contribution in [0.15, 0.2) is 66.7 Å². The minimum Gasteiger partial charge on any atom is -0.346 e. The van der Waals surface area contributed by atoms with Crippen molar-refractivity contribution in [2.24, 2.45) is 0 Å². The smallest absolute Gasteiger partial charge is 0.346 e. The van der Waals surface area contributed by atoms with E-state index in [2.05, 4.69) is 15.0 Å². The van der Waals surface area contributed by atoms with Gasteiger partial charge in [0.1, 0.15) is 11.5 Å². The number of hydrogen-bond acceptors (Lipinski definition) is 4. The van der Waals surface area contributed by atoms with Crippen molar-refractivity contribution in [1.29, 1.82) is 0 Å². The van der Waals surface area contributed by atoms with Crippen LogP contribution >= 0.6 is 0 Å². The topological polar surface area (TPSA) is 88.2 Å². The van der Waals surface area contributed by atoms with E-state index in [1.54, 1.807) is 37.3 Å². The number of aromatic nitrogens is 1. The van der Waals surface area contributed by atoms with Crippen molar-refractivity contribution in [3.05, 3.63) is 101 Å². The second-order valence-electron chi connectivity index (χ2n) is 8.09. The van der Waals surface area contributed by atoms with Gasteiger partial charge in [-0.05, 0) is 48.4 Å². The lowest BCUT2D eigenvalue weighted by Crippen LogP contribution is -2.24. The molecule has 0 unspecified atom stereocenters. The molecule has 2 aromatic carbocycles. The molecule has 1 heterocycles. The van der Waals surface area contributed by atoms with E-state index in [-0.39, 0.29) is 16.9 Å². The van der Waals surface area contributed by atoms with Gasteiger partial charge in [0.2, 0.25) is 15.9 Å². The van der Waals surface area contributed by atoms with E-state index in [9.17, 15) is 30.8 Å². The van der Waals surface area contributed by atoms with Gasteiger partial charge < -0.3 is 5.32 Å². The maximum atomic E-state index is 14.3. The highest BCUT2D eigenvalue weighted by molar-refractivity contribution is 7.92. The van der Waals surface area contributed by atoms with Crippen molar-refractivity contribution in [2.45, 2.75) is 19.1 Å². The third-order valence-electron chi connectivity index (χ3n) is 5.04. The van der Waals surface area contributed by atoms with Crippen molar-refractivity contribution < 1.29 is 30.8 Å². The number of alkyl halides is 3. The average molecular weight is 534 g/mol. The summed E-state index contributed by atoms with van der Waals surface area (Å²) in [5.74, 6) is -1.39. The van der Waals surface area contributed by atoms with Crippen molar-refractivity contribution in [1.82, 2.24) is 10.3 Å². The molecule has 194 valence electrons. The van der Waals surface area contributed by atoms with Gasteiger partial charge in [0.05, 0.1) is 23.7 Å². The number of amides is 1. The van der Waals surface area contributed by atoms with Gasteiger partial charge in [0, 0.05) is 11.6 Å². The van der Waals surface area contributed by atoms with Gasteiger partial charge in [-0.15, -0.1) is 0 Å². The summed E-state index contributed by atoms with van der Waals surface area (Å²) >= 11 is 0. The molecule has 0 fully saturated rings. The monoisotopic (exact) mass is 533 g/mol. The Morgan fingerprint density at radius 3 is 2.32 bits per heavy atom. The molecule has 37 heavy (non-hydrogen) atoms. The normalized spacial score (nSPS) is 13.1. The van der Waals surface area contributed by atoms with Crippen molar-refractivity contribution >= 4 is 39.8 Å². The largest absolute Gasteiger partial charge is 0.433 e. The van der Waals surface area contributed by atoms with Crippen LogP contribution in [0.5, 0.6) is 0 Å². The summed E-state index contributed by atoms with van der Waals surface area (Å²) in [6.45, 7) is 1.60. The number of rotatable bonds is 8. The molecule has 0 bridgehead atoms. The van der Waals surface area contributed by atoms with Gasteiger partial charge in [0.25, 0.3) is 0 Å². The summed E-state index contributed by atoms with van der Waals surface area (Å²) in [4.78, 5) is 16.2. The van der Waals surface area contributed by atoms with Crippen LogP contribution in [0.4, 0.5) is 23.2 Å². The number of benzene rings is 2. The fourth-order valence-corrected chi connectivity index (χ4v) is 3.82. The third kappa shape index (κ3) is 8.28. The molecule has 6 nitrogen and oxygen atoms in total. The van der Waals surface area contributed by atoms with E-state index in [1.807, 2.05) is 6.07 Å². The summed E-state index contributed by atoms with van der Waals surface area (Å²) in [6, 6.07) is 14.1. The Labute approximate surface area is 211 Å². The number of anilines is 1. The van der Waals surface area contributed by atoms with Crippen molar-refractivity contribution in [2.75, 3.05) is 11.0 Å². The maximum absolute atomic E-state index is 14.3. The van der Waals surface area contributed by atoms with Crippen molar-refractivity contribution in [3.63, 3.8) is 0 Å². The summed E-state index contributed by atoms with van der Waals surface area (Å²) < 4.78 is 78.5. The molecule has 2 N–H and O–H groups in total. The lowest BCUT2D eigenvalue weighted by atomic mass is 10.1. The summed E-state index contributed by atoms with van der Waals surface area (Å²) in [6.07, 6.45) is 1.77. The van der Waals surface area contributed by atoms with Gasteiger partial charge >= 0.3 is 6.18 Å². The van der Waals surface area contributed by atoms with Gasteiger partial charge in [0.15, 0.2) is 0 Å². The summed E-state index contributed by atoms with van der Waals surface area (Å²) in [5.41, 5.74) is 0.146. The molecular formula is C26H23F4N3O3S. The fraction of sp³-hybridized carbons (Fsp3) is 0.154. The highest BCUT2D eigenvalue weighted by atomic mass is 32.2. The lowest BCUT2D eigenvalue weighted by molar-refractivity contribution is -0.141. The molecule has 0 saturated carbocycles. The Balaban J connectivity index is 1.78. The molecule has 0 saturated heterocycles. The van der Waals surface area contributed by atoms with Crippen LogP contribution in [0.1, 0.15) is 41.0 Å². The van der Waals surface area contributed by atoms with E-state index in [0.717, 1.165) is 30.0 Å². The van der Waals surface area contributed by atoms with Crippen LogP contribution in [0, 0.1) is 5.82 Å². The number of nitrogens with zero attached hydrogens (tertiary/aromatic N) is 1. The lowest BCUT2D eigenvalue weighted by Gasteiger charge is -2.14. The van der Waals surface area contributed by atoms with Gasteiger partial charge in [-0.1, -0.05) is 48.5 Å². The number of nitrogens with one attached hydrogen (secondary N) is 2. The van der Waals surface area contributed by atoms with Crippen LogP contribution in [-0.4, -0.2) is 25.6 Å². The molecule has 1 amide bonds. The first kappa shape index (κ1) is 27.6. The molecule has 0 aliphatic rings. The Morgan fingerprint density at radius 1 is 1.00 bits per heavy atom. The van der Waals surface area contributed by atoms with E-state index in [4.69, 9.17) is 0 Å². The molecule has 0 radical (unpaired) electrons. The minimum atomic E-state index is -4.63. The van der Waals surface area contributed by atoms with E-state index in [0.29, 0.717) is 5.56 Å². The molecule has 1 atom stereocenters. The maximum Gasteiger partial charge on any atom is 0.433 e. The number of carbonyl (C=O) groups is 1. The third-order valence-corrected chi connectivity index (χ3v) is 5.63. The highest BCUT2D eigenvalue weighted by Crippen LogP contribution is 2.29. The molecule has 11 heteroatoms. The van der Waals surface area contributed by atoms with Gasteiger partial charge in [-0.25, -0.2) is 17.8 Å². The zero-order chi connectivity index (χ0) is 27.2. The Morgan fingerprint density at radius 2 is 1.70 bits per heavy atom. The quantitative estimate of drug-likeness (QED) is 0.288. The van der Waals surface area contributed by atoms with Crippen LogP contribution in [-0.2, 0) is 21.0 Å². The zero-order valence-corrected chi connectivity index (χ0v) is 20.6. The van der Waals surface area contributed by atoms with Gasteiger partial charge in [-0.3, -0.25) is 9.52 Å². The van der Waals surface area contributed by atoms with E-state index in [1.165, 1.54) is 30.4 Å². The number of halogens is 4. The molecule has 0 aliphatic carbocycles. The second-order valence-corrected chi connectivity index (χ2v) is 9.84.